The van der Waals surface area contributed by atoms with Gasteiger partial charge in [0.15, 0.2) is 0 Å². The summed E-state index contributed by atoms with van der Waals surface area (Å²) in [6.45, 7) is 0. The fourth-order valence-electron chi connectivity index (χ4n) is 4.09. The Morgan fingerprint density at radius 2 is 2.03 bits per heavy atom. The number of hydrogen-bond donors (Lipinski definition) is 1. The zero-order valence-electron chi connectivity index (χ0n) is 16.5. The summed E-state index contributed by atoms with van der Waals surface area (Å²) in [4.78, 5) is 28.4. The molecule has 2 aromatic carbocycles. The maximum absolute atomic E-state index is 12.9. The fraction of sp³-hybridized carbons (Fsp3) is 0.227. The van der Waals surface area contributed by atoms with Crippen molar-refractivity contribution >= 4 is 29.2 Å². The number of carbonyl (C=O) groups excluding carboxylic acids is 1. The normalized spacial score (nSPS) is 19.7. The molecule has 5 rings (SSSR count). The lowest BCUT2D eigenvalue weighted by Gasteiger charge is -2.36. The summed E-state index contributed by atoms with van der Waals surface area (Å²) in [6.07, 6.45) is 3.13. The molecule has 31 heavy (non-hydrogen) atoms. The predicted molar refractivity (Wildman–Crippen MR) is 117 cm³/mol. The van der Waals surface area contributed by atoms with Gasteiger partial charge in [-0.3, -0.25) is 14.9 Å². The van der Waals surface area contributed by atoms with Crippen LogP contribution in [0.25, 0.3) is 0 Å². The highest BCUT2D eigenvalue weighted by Gasteiger charge is 2.42. The van der Waals surface area contributed by atoms with Crippen molar-refractivity contribution < 1.29 is 9.72 Å². The lowest BCUT2D eigenvalue weighted by Crippen LogP contribution is -2.38. The Morgan fingerprint density at radius 1 is 1.19 bits per heavy atom. The zero-order chi connectivity index (χ0) is 21.4. The first-order valence-corrected chi connectivity index (χ1v) is 11.0. The van der Waals surface area contributed by atoms with Crippen LogP contribution in [0, 0.1) is 16.0 Å². The number of aromatic nitrogens is 3. The molecule has 2 atom stereocenters. The van der Waals surface area contributed by atoms with Gasteiger partial charge in [-0.25, -0.2) is 4.68 Å². The third kappa shape index (κ3) is 3.72. The summed E-state index contributed by atoms with van der Waals surface area (Å²) in [5, 5.41) is 19.9. The van der Waals surface area contributed by atoms with E-state index in [0.29, 0.717) is 29.5 Å². The van der Waals surface area contributed by atoms with Gasteiger partial charge in [0.25, 0.3) is 5.69 Å². The Bertz CT molecular complexity index is 1190. The first kappa shape index (κ1) is 19.5. The summed E-state index contributed by atoms with van der Waals surface area (Å²) in [5.74, 6) is 0.902. The van der Waals surface area contributed by atoms with Gasteiger partial charge >= 0.3 is 0 Å². The predicted octanol–water partition coefficient (Wildman–Crippen LogP) is 4.36. The van der Waals surface area contributed by atoms with Gasteiger partial charge in [-0.1, -0.05) is 60.3 Å². The zero-order valence-corrected chi connectivity index (χ0v) is 17.3. The van der Waals surface area contributed by atoms with Gasteiger partial charge in [0, 0.05) is 30.0 Å². The van der Waals surface area contributed by atoms with E-state index in [-0.39, 0.29) is 11.5 Å². The number of non-ortho nitro benzene ring substituents is 1. The number of nitro benzene ring substituents is 1. The van der Waals surface area contributed by atoms with Crippen molar-refractivity contribution in [3.63, 3.8) is 0 Å². The number of rotatable bonds is 5. The highest BCUT2D eigenvalue weighted by Crippen LogP contribution is 2.42. The van der Waals surface area contributed by atoms with E-state index >= 15 is 0 Å². The minimum Gasteiger partial charge on any atom is -0.328 e. The molecule has 0 amide bonds. The number of hydrogen-bond acceptors (Lipinski definition) is 7. The molecule has 1 aromatic heterocycles. The van der Waals surface area contributed by atoms with Crippen LogP contribution in [0.2, 0.25) is 0 Å². The molecule has 1 N–H and O–H groups in total. The van der Waals surface area contributed by atoms with Crippen molar-refractivity contribution in [3.8, 4) is 0 Å². The van der Waals surface area contributed by atoms with Crippen molar-refractivity contribution in [1.29, 1.82) is 0 Å². The van der Waals surface area contributed by atoms with E-state index in [0.717, 1.165) is 17.0 Å². The molecule has 8 nitrogen and oxygen atoms in total. The quantitative estimate of drug-likeness (QED) is 0.362. The lowest BCUT2D eigenvalue weighted by molar-refractivity contribution is -0.384. The third-order valence-corrected chi connectivity index (χ3v) is 6.43. The molecule has 1 aliphatic carbocycles. The topological polar surface area (TPSA) is 103 Å². The smallest absolute Gasteiger partial charge is 0.269 e. The van der Waals surface area contributed by atoms with Crippen LogP contribution >= 0.6 is 11.8 Å². The van der Waals surface area contributed by atoms with Crippen molar-refractivity contribution in [2.45, 2.75) is 29.8 Å². The van der Waals surface area contributed by atoms with E-state index in [4.69, 9.17) is 0 Å². The standard InChI is InChI=1S/C22H19N5O3S/c28-18-11-5-10-17-19(18)20(15-8-4-9-16(12-15)27(29)30)26-21(23-17)24-22(25-26)31-13-14-6-2-1-3-7-14/h1-4,6-10,12,19-20H,5,11,13H2,(H,23,24,25)/t19-,20-/m0/s1. The van der Waals surface area contributed by atoms with Crippen LogP contribution in [0.1, 0.15) is 30.0 Å². The summed E-state index contributed by atoms with van der Waals surface area (Å²) >= 11 is 1.51. The molecular formula is C22H19N5O3S. The highest BCUT2D eigenvalue weighted by molar-refractivity contribution is 7.98. The van der Waals surface area contributed by atoms with E-state index in [1.807, 2.05) is 42.5 Å². The number of thioether (sulfide) groups is 1. The van der Waals surface area contributed by atoms with E-state index in [9.17, 15) is 14.9 Å². The number of Topliss-reactive ketones (excluding diaryl/α,β-unsaturated/α-hetero) is 1. The molecular weight excluding hydrogens is 414 g/mol. The number of nitrogens with zero attached hydrogens (tertiary/aromatic N) is 4. The Balaban J connectivity index is 1.54. The van der Waals surface area contributed by atoms with Gasteiger partial charge in [-0.2, -0.15) is 4.98 Å². The number of nitrogens with one attached hydrogen (secondary N) is 1. The summed E-state index contributed by atoms with van der Waals surface area (Å²) < 4.78 is 1.71. The van der Waals surface area contributed by atoms with E-state index in [2.05, 4.69) is 15.4 Å². The molecule has 2 heterocycles. The van der Waals surface area contributed by atoms with Crippen LogP contribution < -0.4 is 5.32 Å². The minimum atomic E-state index is -0.478. The fourth-order valence-corrected chi connectivity index (χ4v) is 4.88. The lowest BCUT2D eigenvalue weighted by atomic mass is 9.81. The minimum absolute atomic E-state index is 0.00911. The number of benzene rings is 2. The van der Waals surface area contributed by atoms with E-state index in [1.54, 1.807) is 10.7 Å². The Morgan fingerprint density at radius 3 is 2.84 bits per heavy atom. The molecule has 0 spiro atoms. The monoisotopic (exact) mass is 433 g/mol. The molecule has 3 aromatic rings. The third-order valence-electron chi connectivity index (χ3n) is 5.52. The van der Waals surface area contributed by atoms with Crippen molar-refractivity contribution in [2.24, 2.45) is 5.92 Å². The molecule has 0 fully saturated rings. The molecule has 0 unspecified atom stereocenters. The molecule has 1 aliphatic heterocycles. The number of anilines is 1. The van der Waals surface area contributed by atoms with Crippen molar-refractivity contribution in [2.75, 3.05) is 5.32 Å². The highest BCUT2D eigenvalue weighted by atomic mass is 32.2. The second-order valence-electron chi connectivity index (χ2n) is 7.50. The van der Waals surface area contributed by atoms with Crippen LogP contribution in [-0.2, 0) is 10.5 Å². The summed E-state index contributed by atoms with van der Waals surface area (Å²) in [7, 11) is 0. The number of carbonyl (C=O) groups is 1. The van der Waals surface area contributed by atoms with E-state index < -0.39 is 16.9 Å². The van der Waals surface area contributed by atoms with Crippen molar-refractivity contribution in [3.05, 3.63) is 87.6 Å². The second-order valence-corrected chi connectivity index (χ2v) is 8.44. The Kier molecular flexibility index (Phi) is 5.03. The van der Waals surface area contributed by atoms with E-state index in [1.165, 1.54) is 23.9 Å². The molecule has 0 saturated carbocycles. The van der Waals surface area contributed by atoms with Gasteiger partial charge in [0.05, 0.1) is 16.9 Å². The van der Waals surface area contributed by atoms with Crippen LogP contribution in [0.4, 0.5) is 11.6 Å². The van der Waals surface area contributed by atoms with Crippen LogP contribution in [0.15, 0.2) is 71.5 Å². The summed E-state index contributed by atoms with van der Waals surface area (Å²) in [5.41, 5.74) is 2.63. The Hall–Kier alpha value is -3.46. The van der Waals surface area contributed by atoms with Crippen LogP contribution in [-0.4, -0.2) is 25.5 Å². The maximum atomic E-state index is 12.9. The molecule has 2 aliphatic rings. The number of ketones is 1. The molecule has 156 valence electrons. The summed E-state index contributed by atoms with van der Waals surface area (Å²) in [6, 6.07) is 16.0. The van der Waals surface area contributed by atoms with Gasteiger partial charge < -0.3 is 5.32 Å². The number of nitro groups is 1. The van der Waals surface area contributed by atoms with Gasteiger partial charge in [-0.15, -0.1) is 5.10 Å². The molecule has 0 saturated heterocycles. The Labute approximate surface area is 182 Å². The molecule has 9 heteroatoms. The van der Waals surface area contributed by atoms with Crippen LogP contribution in [0.5, 0.6) is 0 Å². The number of allylic oxidation sites excluding steroid dienone is 2. The van der Waals surface area contributed by atoms with Crippen molar-refractivity contribution in [1.82, 2.24) is 14.8 Å². The average Bonchev–Trinajstić information content (AvgIpc) is 3.20. The van der Waals surface area contributed by atoms with Crippen LogP contribution in [0.3, 0.4) is 0 Å². The van der Waals surface area contributed by atoms with Gasteiger partial charge in [0.1, 0.15) is 5.78 Å². The van der Waals surface area contributed by atoms with Gasteiger partial charge in [-0.05, 0) is 17.5 Å². The number of fused-ring (bicyclic) bond motifs is 2. The molecule has 0 bridgehead atoms. The average molecular weight is 433 g/mol. The molecule has 0 radical (unpaired) electrons. The van der Waals surface area contributed by atoms with Gasteiger partial charge in [0.2, 0.25) is 11.1 Å². The first-order chi connectivity index (χ1) is 15.1. The SMILES string of the molecule is O=C1CCC=C2Nc3nc(SCc4ccccc4)nn3[C@@H](c3cccc([N+](=O)[O-])c3)[C@H]12. The largest absolute Gasteiger partial charge is 0.328 e. The first-order valence-electron chi connectivity index (χ1n) is 9.97. The maximum Gasteiger partial charge on any atom is 0.269 e. The second kappa shape index (κ2) is 7.99.